The van der Waals surface area contributed by atoms with Gasteiger partial charge in [-0.3, -0.25) is 0 Å². The van der Waals surface area contributed by atoms with Gasteiger partial charge in [-0.05, 0) is 46.0 Å². The largest absolute Gasteiger partial charge is 0.374 e. The normalized spacial score (nSPS) is 35.6. The van der Waals surface area contributed by atoms with Crippen LogP contribution in [0.3, 0.4) is 0 Å². The molecule has 0 radical (unpaired) electrons. The van der Waals surface area contributed by atoms with Crippen molar-refractivity contribution in [3.63, 3.8) is 0 Å². The number of nitrogens with zero attached hydrogens (tertiary/aromatic N) is 1. The van der Waals surface area contributed by atoms with Crippen LogP contribution < -0.4 is 5.32 Å². The molecule has 2 heterocycles. The van der Waals surface area contributed by atoms with E-state index in [1.165, 1.54) is 30.8 Å². The summed E-state index contributed by atoms with van der Waals surface area (Å²) >= 11 is 2.05. The Bertz CT molecular complexity index is 242. The van der Waals surface area contributed by atoms with E-state index in [-0.39, 0.29) is 5.60 Å². The molecule has 17 heavy (non-hydrogen) atoms. The minimum Gasteiger partial charge on any atom is -0.374 e. The van der Waals surface area contributed by atoms with Crippen molar-refractivity contribution in [2.75, 3.05) is 38.8 Å². The minimum atomic E-state index is 0.207. The Morgan fingerprint density at radius 3 is 3.00 bits per heavy atom. The number of ether oxygens (including phenoxy) is 1. The molecule has 4 heteroatoms. The van der Waals surface area contributed by atoms with Crippen molar-refractivity contribution < 1.29 is 4.74 Å². The van der Waals surface area contributed by atoms with Gasteiger partial charge >= 0.3 is 0 Å². The Morgan fingerprint density at radius 1 is 1.53 bits per heavy atom. The molecule has 2 saturated heterocycles. The van der Waals surface area contributed by atoms with E-state index >= 15 is 0 Å². The molecule has 100 valence electrons. The van der Waals surface area contributed by atoms with Gasteiger partial charge in [0, 0.05) is 31.0 Å². The highest BCUT2D eigenvalue weighted by Crippen LogP contribution is 2.38. The van der Waals surface area contributed by atoms with Gasteiger partial charge in [0.2, 0.25) is 0 Å². The molecular weight excluding hydrogens is 232 g/mol. The van der Waals surface area contributed by atoms with Crippen molar-refractivity contribution in [1.82, 2.24) is 10.2 Å². The van der Waals surface area contributed by atoms with Gasteiger partial charge in [0.05, 0.1) is 5.60 Å². The lowest BCUT2D eigenvalue weighted by molar-refractivity contribution is -0.0713. The molecule has 0 bridgehead atoms. The summed E-state index contributed by atoms with van der Waals surface area (Å²) < 4.78 is 6.05. The molecule has 2 aliphatic rings. The quantitative estimate of drug-likeness (QED) is 0.827. The van der Waals surface area contributed by atoms with Gasteiger partial charge < -0.3 is 15.0 Å². The van der Waals surface area contributed by atoms with E-state index in [1.54, 1.807) is 0 Å². The van der Waals surface area contributed by atoms with Gasteiger partial charge in [-0.1, -0.05) is 0 Å². The third-order valence-electron chi connectivity index (χ3n) is 3.72. The van der Waals surface area contributed by atoms with Crippen LogP contribution >= 0.6 is 11.8 Å². The fraction of sp³-hybridized carbons (Fsp3) is 1.00. The Kier molecular flexibility index (Phi) is 4.75. The first kappa shape index (κ1) is 13.7. The average Bonchev–Trinajstić information content (AvgIpc) is 2.64. The molecule has 2 fully saturated rings. The third kappa shape index (κ3) is 3.85. The van der Waals surface area contributed by atoms with Gasteiger partial charge in [-0.2, -0.15) is 11.8 Å². The highest BCUT2D eigenvalue weighted by Gasteiger charge is 2.40. The second kappa shape index (κ2) is 5.91. The van der Waals surface area contributed by atoms with Crippen LogP contribution in [0.5, 0.6) is 0 Å². The van der Waals surface area contributed by atoms with Gasteiger partial charge in [0.15, 0.2) is 0 Å². The van der Waals surface area contributed by atoms with Gasteiger partial charge in [0.25, 0.3) is 0 Å². The van der Waals surface area contributed by atoms with E-state index in [0.29, 0.717) is 12.1 Å². The highest BCUT2D eigenvalue weighted by atomic mass is 32.2. The van der Waals surface area contributed by atoms with Gasteiger partial charge in [-0.15, -0.1) is 0 Å². The van der Waals surface area contributed by atoms with Crippen LogP contribution in [0.2, 0.25) is 0 Å². The zero-order chi connectivity index (χ0) is 12.3. The molecule has 0 aliphatic carbocycles. The van der Waals surface area contributed by atoms with Gasteiger partial charge in [-0.25, -0.2) is 0 Å². The maximum atomic E-state index is 6.05. The standard InChI is InChI=1S/C13H26N2OS/c1-11(9-15(2)3)14-12-4-6-16-13(8-12)5-7-17-10-13/h11-12,14H,4-10H2,1-3H3. The first-order valence-corrected chi connectivity index (χ1v) is 7.88. The number of hydrogen-bond donors (Lipinski definition) is 1. The molecular formula is C13H26N2OS. The van der Waals surface area contributed by atoms with Crippen LogP contribution in [0.1, 0.15) is 26.2 Å². The van der Waals surface area contributed by atoms with Crippen molar-refractivity contribution in [3.05, 3.63) is 0 Å². The summed E-state index contributed by atoms with van der Waals surface area (Å²) in [4.78, 5) is 2.25. The molecule has 0 saturated carbocycles. The van der Waals surface area contributed by atoms with Crippen LogP contribution in [0.25, 0.3) is 0 Å². The molecule has 1 spiro atoms. The van der Waals surface area contributed by atoms with E-state index in [0.717, 1.165) is 13.2 Å². The summed E-state index contributed by atoms with van der Waals surface area (Å²) in [5.41, 5.74) is 0.207. The molecule has 3 nitrogen and oxygen atoms in total. The predicted octanol–water partition coefficient (Wildman–Crippen LogP) is 1.58. The smallest absolute Gasteiger partial charge is 0.0795 e. The van der Waals surface area contributed by atoms with E-state index in [1.807, 2.05) is 0 Å². The zero-order valence-electron chi connectivity index (χ0n) is 11.4. The maximum Gasteiger partial charge on any atom is 0.0795 e. The van der Waals surface area contributed by atoms with E-state index in [9.17, 15) is 0 Å². The molecule has 0 aromatic heterocycles. The molecule has 2 rings (SSSR count). The maximum absolute atomic E-state index is 6.05. The van der Waals surface area contributed by atoms with Crippen LogP contribution in [0.15, 0.2) is 0 Å². The Labute approximate surface area is 110 Å². The molecule has 0 amide bonds. The minimum absolute atomic E-state index is 0.207. The average molecular weight is 258 g/mol. The summed E-state index contributed by atoms with van der Waals surface area (Å²) in [5, 5.41) is 3.77. The second-order valence-electron chi connectivity index (χ2n) is 5.85. The van der Waals surface area contributed by atoms with Crippen molar-refractivity contribution in [3.8, 4) is 0 Å². The predicted molar refractivity (Wildman–Crippen MR) is 74.8 cm³/mol. The Morgan fingerprint density at radius 2 is 2.35 bits per heavy atom. The number of nitrogens with one attached hydrogen (secondary N) is 1. The summed E-state index contributed by atoms with van der Waals surface area (Å²) in [6, 6.07) is 1.22. The van der Waals surface area contributed by atoms with Crippen LogP contribution in [0, 0.1) is 0 Å². The van der Waals surface area contributed by atoms with E-state index in [4.69, 9.17) is 4.74 Å². The number of hydrogen-bond acceptors (Lipinski definition) is 4. The topological polar surface area (TPSA) is 24.5 Å². The van der Waals surface area contributed by atoms with Crippen molar-refractivity contribution in [2.45, 2.75) is 43.9 Å². The summed E-state index contributed by atoms with van der Waals surface area (Å²) in [6.45, 7) is 4.33. The highest BCUT2D eigenvalue weighted by molar-refractivity contribution is 7.99. The molecule has 3 unspecified atom stereocenters. The summed E-state index contributed by atoms with van der Waals surface area (Å²) in [5.74, 6) is 2.48. The van der Waals surface area contributed by atoms with E-state index < -0.39 is 0 Å². The fourth-order valence-corrected chi connectivity index (χ4v) is 4.41. The molecule has 0 aromatic carbocycles. The second-order valence-corrected chi connectivity index (χ2v) is 6.96. The van der Waals surface area contributed by atoms with E-state index in [2.05, 4.69) is 43.0 Å². The summed E-state index contributed by atoms with van der Waals surface area (Å²) in [7, 11) is 4.27. The molecule has 0 aromatic rings. The van der Waals surface area contributed by atoms with Crippen molar-refractivity contribution in [2.24, 2.45) is 0 Å². The zero-order valence-corrected chi connectivity index (χ0v) is 12.2. The third-order valence-corrected chi connectivity index (χ3v) is 4.94. The fourth-order valence-electron chi connectivity index (χ4n) is 3.04. The van der Waals surface area contributed by atoms with Crippen LogP contribution in [-0.2, 0) is 4.74 Å². The molecule has 1 N–H and O–H groups in total. The first-order valence-electron chi connectivity index (χ1n) is 6.72. The Hall–Kier alpha value is 0.230. The monoisotopic (exact) mass is 258 g/mol. The molecule has 2 aliphatic heterocycles. The Balaban J connectivity index is 1.81. The lowest BCUT2D eigenvalue weighted by atomic mass is 9.89. The number of likely N-dealkylation sites (N-methyl/N-ethyl adjacent to an activating group) is 1. The number of thioether (sulfide) groups is 1. The SMILES string of the molecule is CC(CN(C)C)NC1CCOC2(CCSC2)C1. The molecule has 3 atom stereocenters. The van der Waals surface area contributed by atoms with Crippen LogP contribution in [0.4, 0.5) is 0 Å². The first-order chi connectivity index (χ1) is 8.10. The number of rotatable bonds is 4. The summed E-state index contributed by atoms with van der Waals surface area (Å²) in [6.07, 6.45) is 3.62. The van der Waals surface area contributed by atoms with Crippen molar-refractivity contribution in [1.29, 1.82) is 0 Å². The lowest BCUT2D eigenvalue weighted by Gasteiger charge is -2.39. The van der Waals surface area contributed by atoms with Crippen molar-refractivity contribution >= 4 is 11.8 Å². The van der Waals surface area contributed by atoms with Gasteiger partial charge in [0.1, 0.15) is 0 Å². The lowest BCUT2D eigenvalue weighted by Crippen LogP contribution is -2.51. The van der Waals surface area contributed by atoms with Crippen LogP contribution in [-0.4, -0.2) is 61.3 Å².